The monoisotopic (exact) mass is 274 g/mol. The molecule has 2 aromatic rings. The first-order chi connectivity index (χ1) is 10.2. The summed E-state index contributed by atoms with van der Waals surface area (Å²) in [5, 5.41) is 11.5. The van der Waals surface area contributed by atoms with Crippen LogP contribution < -0.4 is 0 Å². The fraction of sp³-hybridized carbons (Fsp3) is 0.100. The SMILES string of the molecule is C=C/C=C\C(=C/C)C1(O)c2ccccc2-c2ccccc21. The Labute approximate surface area is 125 Å². The molecule has 1 heteroatoms. The van der Waals surface area contributed by atoms with Crippen molar-refractivity contribution in [1.82, 2.24) is 0 Å². The van der Waals surface area contributed by atoms with E-state index in [2.05, 4.69) is 18.7 Å². The first kappa shape index (κ1) is 13.6. The van der Waals surface area contributed by atoms with Crippen LogP contribution in [0.1, 0.15) is 18.1 Å². The minimum absolute atomic E-state index is 0.861. The molecule has 1 N–H and O–H groups in total. The zero-order valence-corrected chi connectivity index (χ0v) is 12.1. The van der Waals surface area contributed by atoms with Crippen LogP contribution in [-0.2, 0) is 5.60 Å². The molecule has 0 radical (unpaired) electrons. The van der Waals surface area contributed by atoms with Crippen molar-refractivity contribution in [2.24, 2.45) is 0 Å². The fourth-order valence-corrected chi connectivity index (χ4v) is 3.12. The van der Waals surface area contributed by atoms with Gasteiger partial charge in [-0.25, -0.2) is 0 Å². The number of fused-ring (bicyclic) bond motifs is 3. The minimum Gasteiger partial charge on any atom is -0.376 e. The van der Waals surface area contributed by atoms with Crippen molar-refractivity contribution in [3.8, 4) is 11.1 Å². The summed E-state index contributed by atoms with van der Waals surface area (Å²) in [6, 6.07) is 16.1. The van der Waals surface area contributed by atoms with Crippen LogP contribution in [0.2, 0.25) is 0 Å². The third-order valence-electron chi connectivity index (χ3n) is 4.06. The molecule has 1 aliphatic carbocycles. The Morgan fingerprint density at radius 3 is 2.00 bits per heavy atom. The highest BCUT2D eigenvalue weighted by Gasteiger charge is 2.42. The molecule has 0 atom stereocenters. The van der Waals surface area contributed by atoms with Crippen LogP contribution in [0.15, 0.2) is 85.0 Å². The average molecular weight is 274 g/mol. The fourth-order valence-electron chi connectivity index (χ4n) is 3.12. The molecule has 3 rings (SSSR count). The molecule has 21 heavy (non-hydrogen) atoms. The zero-order valence-electron chi connectivity index (χ0n) is 12.1. The molecular formula is C20H18O. The standard InChI is InChI=1S/C20H18O/c1-3-5-10-15(4-2)20(21)18-13-8-6-11-16(18)17-12-7-9-14-19(17)20/h3-14,21H,1H2,2H3/b10-5-,15-4+. The van der Waals surface area contributed by atoms with Gasteiger partial charge in [0, 0.05) is 11.1 Å². The maximum absolute atomic E-state index is 11.5. The van der Waals surface area contributed by atoms with Crippen molar-refractivity contribution < 1.29 is 5.11 Å². The van der Waals surface area contributed by atoms with E-state index in [1.54, 1.807) is 6.08 Å². The highest BCUT2D eigenvalue weighted by atomic mass is 16.3. The topological polar surface area (TPSA) is 20.2 Å². The van der Waals surface area contributed by atoms with E-state index in [0.29, 0.717) is 0 Å². The lowest BCUT2D eigenvalue weighted by atomic mass is 9.83. The maximum Gasteiger partial charge on any atom is 0.141 e. The van der Waals surface area contributed by atoms with Crippen LogP contribution in [-0.4, -0.2) is 5.11 Å². The van der Waals surface area contributed by atoms with Crippen LogP contribution in [0.4, 0.5) is 0 Å². The predicted octanol–water partition coefficient (Wildman–Crippen LogP) is 4.59. The highest BCUT2D eigenvalue weighted by molar-refractivity contribution is 5.82. The van der Waals surface area contributed by atoms with Gasteiger partial charge in [0.25, 0.3) is 0 Å². The normalized spacial score (nSPS) is 15.8. The van der Waals surface area contributed by atoms with Gasteiger partial charge in [-0.3, -0.25) is 0 Å². The Morgan fingerprint density at radius 1 is 1.00 bits per heavy atom. The van der Waals surface area contributed by atoms with Crippen molar-refractivity contribution in [2.75, 3.05) is 0 Å². The molecule has 1 nitrogen and oxygen atoms in total. The van der Waals surface area contributed by atoms with Crippen LogP contribution in [0, 0.1) is 0 Å². The van der Waals surface area contributed by atoms with Crippen molar-refractivity contribution in [3.63, 3.8) is 0 Å². The molecule has 1 aliphatic rings. The van der Waals surface area contributed by atoms with Crippen LogP contribution in [0.25, 0.3) is 11.1 Å². The lowest BCUT2D eigenvalue weighted by Crippen LogP contribution is -2.26. The molecule has 0 fully saturated rings. The second-order valence-corrected chi connectivity index (χ2v) is 5.14. The summed E-state index contributed by atoms with van der Waals surface area (Å²) in [6.45, 7) is 5.66. The van der Waals surface area contributed by atoms with Gasteiger partial charge in [-0.15, -0.1) is 0 Å². The molecule has 0 amide bonds. The summed E-state index contributed by atoms with van der Waals surface area (Å²) in [7, 11) is 0. The van der Waals surface area contributed by atoms with Crippen molar-refractivity contribution >= 4 is 0 Å². The maximum atomic E-state index is 11.5. The van der Waals surface area contributed by atoms with Gasteiger partial charge in [0.05, 0.1) is 0 Å². The van der Waals surface area contributed by atoms with Gasteiger partial charge in [-0.05, 0) is 23.6 Å². The third-order valence-corrected chi connectivity index (χ3v) is 4.06. The first-order valence-corrected chi connectivity index (χ1v) is 7.11. The molecule has 0 aliphatic heterocycles. The quantitative estimate of drug-likeness (QED) is 0.811. The summed E-state index contributed by atoms with van der Waals surface area (Å²) in [6.07, 6.45) is 7.46. The molecule has 0 spiro atoms. The first-order valence-electron chi connectivity index (χ1n) is 7.11. The summed E-state index contributed by atoms with van der Waals surface area (Å²) in [4.78, 5) is 0. The van der Waals surface area contributed by atoms with Crippen molar-refractivity contribution in [1.29, 1.82) is 0 Å². The molecule has 0 bridgehead atoms. The summed E-state index contributed by atoms with van der Waals surface area (Å²) in [5.41, 5.74) is 3.84. The Morgan fingerprint density at radius 2 is 1.52 bits per heavy atom. The van der Waals surface area contributed by atoms with E-state index in [-0.39, 0.29) is 0 Å². The van der Waals surface area contributed by atoms with Gasteiger partial charge in [0.15, 0.2) is 0 Å². The molecule has 0 saturated heterocycles. The Balaban J connectivity index is 2.31. The van der Waals surface area contributed by atoms with E-state index in [0.717, 1.165) is 27.8 Å². The van der Waals surface area contributed by atoms with Gasteiger partial charge in [-0.2, -0.15) is 0 Å². The molecular weight excluding hydrogens is 256 g/mol. The zero-order chi connectivity index (χ0) is 14.9. The van der Waals surface area contributed by atoms with E-state index in [4.69, 9.17) is 0 Å². The second-order valence-electron chi connectivity index (χ2n) is 5.14. The van der Waals surface area contributed by atoms with Gasteiger partial charge < -0.3 is 5.11 Å². The Bertz CT molecular complexity index is 704. The number of allylic oxidation sites excluding steroid dienone is 3. The number of aliphatic hydroxyl groups is 1. The van der Waals surface area contributed by atoms with Crippen LogP contribution in [0.5, 0.6) is 0 Å². The summed E-state index contributed by atoms with van der Waals surface area (Å²) in [5.74, 6) is 0. The van der Waals surface area contributed by atoms with E-state index < -0.39 is 5.60 Å². The Hall–Kier alpha value is -2.38. The van der Waals surface area contributed by atoms with Gasteiger partial charge in [-0.1, -0.05) is 79.4 Å². The van der Waals surface area contributed by atoms with E-state index in [1.807, 2.05) is 61.5 Å². The van der Waals surface area contributed by atoms with E-state index in [9.17, 15) is 5.11 Å². The summed E-state index contributed by atoms with van der Waals surface area (Å²) >= 11 is 0. The molecule has 104 valence electrons. The summed E-state index contributed by atoms with van der Waals surface area (Å²) < 4.78 is 0. The predicted molar refractivity (Wildman–Crippen MR) is 88.0 cm³/mol. The third kappa shape index (κ3) is 1.90. The molecule has 0 heterocycles. The Kier molecular flexibility index (Phi) is 3.36. The van der Waals surface area contributed by atoms with Gasteiger partial charge in [0.2, 0.25) is 0 Å². The van der Waals surface area contributed by atoms with Gasteiger partial charge in [0.1, 0.15) is 5.60 Å². The smallest absolute Gasteiger partial charge is 0.141 e. The van der Waals surface area contributed by atoms with Crippen molar-refractivity contribution in [2.45, 2.75) is 12.5 Å². The average Bonchev–Trinajstić information content (AvgIpc) is 2.80. The highest BCUT2D eigenvalue weighted by Crippen LogP contribution is 2.51. The second kappa shape index (κ2) is 5.19. The lowest BCUT2D eigenvalue weighted by Gasteiger charge is -2.27. The lowest BCUT2D eigenvalue weighted by molar-refractivity contribution is 0.130. The minimum atomic E-state index is -1.10. The number of hydrogen-bond acceptors (Lipinski definition) is 1. The number of hydrogen-bond donors (Lipinski definition) is 1. The largest absolute Gasteiger partial charge is 0.376 e. The van der Waals surface area contributed by atoms with Crippen LogP contribution >= 0.6 is 0 Å². The molecule has 2 aromatic carbocycles. The van der Waals surface area contributed by atoms with Gasteiger partial charge >= 0.3 is 0 Å². The number of benzene rings is 2. The van der Waals surface area contributed by atoms with Crippen molar-refractivity contribution in [3.05, 3.63) is 96.1 Å². The van der Waals surface area contributed by atoms with Crippen LogP contribution in [0.3, 0.4) is 0 Å². The van der Waals surface area contributed by atoms with E-state index >= 15 is 0 Å². The molecule has 0 unspecified atom stereocenters. The number of rotatable bonds is 3. The molecule has 0 saturated carbocycles. The molecule has 0 aromatic heterocycles. The van der Waals surface area contributed by atoms with E-state index in [1.165, 1.54) is 0 Å².